The minimum absolute atomic E-state index is 0.155. The molecule has 0 saturated carbocycles. The summed E-state index contributed by atoms with van der Waals surface area (Å²) in [5, 5.41) is 6.26. The van der Waals surface area contributed by atoms with E-state index in [1.165, 1.54) is 24.3 Å². The van der Waals surface area contributed by atoms with Gasteiger partial charge < -0.3 is 20.1 Å². The molecule has 2 N–H and O–H groups in total. The summed E-state index contributed by atoms with van der Waals surface area (Å²) in [6.07, 6.45) is 3.24. The lowest BCUT2D eigenvalue weighted by Gasteiger charge is -2.10. The van der Waals surface area contributed by atoms with E-state index in [1.807, 2.05) is 109 Å². The standard InChI is InChI=1S/C38H30N4O4S/c43-47(44,37-21-17-33(18-22-37)45-35-15-7-13-31(25-35)41-27-39-29-9-3-1-4-10-29)38-23-19-34(20-24-38)46-36-16-8-14-32(26-36)42-28-40-30-11-5-2-6-12-30/h1-28H,(H,39,41)(H,40,42). The summed E-state index contributed by atoms with van der Waals surface area (Å²) >= 11 is 0. The van der Waals surface area contributed by atoms with Crippen LogP contribution in [0.2, 0.25) is 0 Å². The predicted octanol–water partition coefficient (Wildman–Crippen LogP) is 9.65. The van der Waals surface area contributed by atoms with Gasteiger partial charge in [0.25, 0.3) is 0 Å². The molecule has 6 rings (SSSR count). The van der Waals surface area contributed by atoms with Gasteiger partial charge in [0.1, 0.15) is 23.0 Å². The van der Waals surface area contributed by atoms with Crippen LogP contribution in [-0.2, 0) is 9.84 Å². The van der Waals surface area contributed by atoms with Crippen molar-refractivity contribution in [3.63, 3.8) is 0 Å². The number of hydrogen-bond acceptors (Lipinski definition) is 6. The van der Waals surface area contributed by atoms with E-state index in [0.29, 0.717) is 23.0 Å². The first kappa shape index (κ1) is 30.8. The topological polar surface area (TPSA) is 101 Å². The molecule has 0 fully saturated rings. The van der Waals surface area contributed by atoms with E-state index in [4.69, 9.17) is 9.47 Å². The average molecular weight is 639 g/mol. The van der Waals surface area contributed by atoms with E-state index in [1.54, 1.807) is 36.9 Å². The molecular formula is C38H30N4O4S. The maximum atomic E-state index is 13.3. The van der Waals surface area contributed by atoms with Crippen molar-refractivity contribution in [2.24, 2.45) is 9.98 Å². The number of nitrogens with zero attached hydrogens (tertiary/aromatic N) is 2. The molecule has 8 nitrogen and oxygen atoms in total. The Balaban J connectivity index is 1.05. The molecule has 0 radical (unpaired) electrons. The number of rotatable bonds is 12. The zero-order valence-corrected chi connectivity index (χ0v) is 25.9. The van der Waals surface area contributed by atoms with Crippen LogP contribution in [0.3, 0.4) is 0 Å². The van der Waals surface area contributed by atoms with Crippen molar-refractivity contribution in [2.75, 3.05) is 10.6 Å². The van der Waals surface area contributed by atoms with Crippen LogP contribution in [0.1, 0.15) is 0 Å². The molecule has 0 spiro atoms. The van der Waals surface area contributed by atoms with Gasteiger partial charge in [-0.25, -0.2) is 18.4 Å². The van der Waals surface area contributed by atoms with Crippen LogP contribution in [0.5, 0.6) is 23.0 Å². The largest absolute Gasteiger partial charge is 0.457 e. The monoisotopic (exact) mass is 638 g/mol. The number of aliphatic imine (C=N–C) groups is 2. The fraction of sp³-hybridized carbons (Fsp3) is 0. The summed E-state index contributed by atoms with van der Waals surface area (Å²) in [5.74, 6) is 2.20. The lowest BCUT2D eigenvalue weighted by Crippen LogP contribution is -2.02. The molecular weight excluding hydrogens is 609 g/mol. The van der Waals surface area contributed by atoms with Gasteiger partial charge in [-0.05, 0) is 97.1 Å². The van der Waals surface area contributed by atoms with Gasteiger partial charge in [-0.2, -0.15) is 0 Å². The molecule has 9 heteroatoms. The SMILES string of the molecule is O=S(=O)(c1ccc(Oc2cccc(NC=Nc3ccccc3)c2)cc1)c1ccc(Oc2cccc(NC=Nc3ccccc3)c2)cc1. The highest BCUT2D eigenvalue weighted by atomic mass is 32.2. The molecule has 6 aromatic carbocycles. The Morgan fingerprint density at radius 3 is 1.26 bits per heavy atom. The third-order valence-corrected chi connectivity index (χ3v) is 8.60. The van der Waals surface area contributed by atoms with E-state index < -0.39 is 9.84 Å². The van der Waals surface area contributed by atoms with Crippen LogP contribution in [0.4, 0.5) is 22.7 Å². The molecule has 6 aromatic rings. The van der Waals surface area contributed by atoms with Gasteiger partial charge in [-0.3, -0.25) is 0 Å². The van der Waals surface area contributed by atoms with Crippen molar-refractivity contribution in [1.29, 1.82) is 0 Å². The van der Waals surface area contributed by atoms with Gasteiger partial charge in [-0.1, -0.05) is 48.5 Å². The van der Waals surface area contributed by atoms with Crippen LogP contribution in [0.15, 0.2) is 178 Å². The molecule has 0 aliphatic rings. The minimum atomic E-state index is -3.76. The van der Waals surface area contributed by atoms with Crippen molar-refractivity contribution < 1.29 is 17.9 Å². The third kappa shape index (κ3) is 8.50. The normalized spacial score (nSPS) is 11.4. The van der Waals surface area contributed by atoms with Crippen LogP contribution in [0, 0.1) is 0 Å². The Morgan fingerprint density at radius 2 is 0.851 bits per heavy atom. The molecule has 0 aliphatic carbocycles. The first-order valence-corrected chi connectivity index (χ1v) is 16.2. The number of hydrogen-bond donors (Lipinski definition) is 2. The fourth-order valence-electron chi connectivity index (χ4n) is 4.47. The Bertz CT molecular complexity index is 1940. The predicted molar refractivity (Wildman–Crippen MR) is 188 cm³/mol. The zero-order valence-electron chi connectivity index (χ0n) is 25.1. The average Bonchev–Trinajstić information content (AvgIpc) is 3.10. The second kappa shape index (κ2) is 14.7. The number of nitrogens with one attached hydrogen (secondary N) is 2. The van der Waals surface area contributed by atoms with Gasteiger partial charge >= 0.3 is 0 Å². The third-order valence-electron chi connectivity index (χ3n) is 6.81. The van der Waals surface area contributed by atoms with Gasteiger partial charge in [0.15, 0.2) is 0 Å². The highest BCUT2D eigenvalue weighted by molar-refractivity contribution is 7.91. The fourth-order valence-corrected chi connectivity index (χ4v) is 5.73. The van der Waals surface area contributed by atoms with E-state index in [0.717, 1.165) is 22.7 Å². The van der Waals surface area contributed by atoms with Crippen molar-refractivity contribution in [3.8, 4) is 23.0 Å². The summed E-state index contributed by atoms with van der Waals surface area (Å²) in [5.41, 5.74) is 3.28. The van der Waals surface area contributed by atoms with Crippen molar-refractivity contribution in [2.45, 2.75) is 9.79 Å². The molecule has 0 amide bonds. The highest BCUT2D eigenvalue weighted by Crippen LogP contribution is 2.30. The molecule has 0 aromatic heterocycles. The van der Waals surface area contributed by atoms with E-state index in [9.17, 15) is 8.42 Å². The lowest BCUT2D eigenvalue weighted by molar-refractivity contribution is 0.482. The van der Waals surface area contributed by atoms with E-state index >= 15 is 0 Å². The number of benzene rings is 6. The van der Waals surface area contributed by atoms with E-state index in [-0.39, 0.29) is 9.79 Å². The van der Waals surface area contributed by atoms with Gasteiger partial charge in [0, 0.05) is 23.5 Å². The summed E-state index contributed by atoms with van der Waals surface area (Å²) < 4.78 is 38.6. The first-order valence-electron chi connectivity index (χ1n) is 14.7. The van der Waals surface area contributed by atoms with Crippen LogP contribution < -0.4 is 20.1 Å². The molecule has 0 aliphatic heterocycles. The Labute approximate surface area is 273 Å². The molecule has 0 unspecified atom stereocenters. The lowest BCUT2D eigenvalue weighted by atomic mass is 10.3. The van der Waals surface area contributed by atoms with E-state index in [2.05, 4.69) is 20.6 Å². The summed E-state index contributed by atoms with van der Waals surface area (Å²) in [4.78, 5) is 9.05. The van der Waals surface area contributed by atoms with Gasteiger partial charge in [-0.15, -0.1) is 0 Å². The summed E-state index contributed by atoms with van der Waals surface area (Å²) in [6.45, 7) is 0. The second-order valence-corrected chi connectivity index (χ2v) is 12.1. The number of ether oxygens (including phenoxy) is 2. The molecule has 0 heterocycles. The second-order valence-electron chi connectivity index (χ2n) is 10.2. The summed E-state index contributed by atoms with van der Waals surface area (Å²) in [7, 11) is -3.76. The Morgan fingerprint density at radius 1 is 0.447 bits per heavy atom. The zero-order chi connectivity index (χ0) is 32.3. The highest BCUT2D eigenvalue weighted by Gasteiger charge is 2.18. The van der Waals surface area contributed by atoms with Crippen LogP contribution >= 0.6 is 0 Å². The van der Waals surface area contributed by atoms with Crippen LogP contribution in [-0.4, -0.2) is 21.1 Å². The van der Waals surface area contributed by atoms with Crippen molar-refractivity contribution in [3.05, 3.63) is 158 Å². The smallest absolute Gasteiger partial charge is 0.206 e. The minimum Gasteiger partial charge on any atom is -0.457 e. The number of sulfone groups is 1. The Kier molecular flexibility index (Phi) is 9.66. The summed E-state index contributed by atoms with van der Waals surface area (Å²) in [6, 6.07) is 46.7. The first-order chi connectivity index (χ1) is 23.0. The molecule has 0 atom stereocenters. The molecule has 232 valence electrons. The van der Waals surface area contributed by atoms with Crippen LogP contribution in [0.25, 0.3) is 0 Å². The Hall–Kier alpha value is -6.19. The molecule has 0 bridgehead atoms. The van der Waals surface area contributed by atoms with Gasteiger partial charge in [0.2, 0.25) is 9.84 Å². The maximum absolute atomic E-state index is 13.3. The molecule has 0 saturated heterocycles. The maximum Gasteiger partial charge on any atom is 0.206 e. The van der Waals surface area contributed by atoms with Crippen molar-refractivity contribution in [1.82, 2.24) is 0 Å². The quantitative estimate of drug-likeness (QED) is 0.102. The number of para-hydroxylation sites is 2. The number of anilines is 2. The molecule has 47 heavy (non-hydrogen) atoms. The van der Waals surface area contributed by atoms with Gasteiger partial charge in [0.05, 0.1) is 33.8 Å². The van der Waals surface area contributed by atoms with Crippen molar-refractivity contribution >= 4 is 45.3 Å².